The minimum absolute atomic E-state index is 0.673. The Balaban J connectivity index is 2.40. The van der Waals surface area contributed by atoms with Crippen LogP contribution >= 0.6 is 0 Å². The van der Waals surface area contributed by atoms with Crippen LogP contribution in [0.3, 0.4) is 0 Å². The molecule has 1 rings (SSSR count). The van der Waals surface area contributed by atoms with Gasteiger partial charge in [-0.2, -0.15) is 0 Å². The predicted molar refractivity (Wildman–Crippen MR) is 53.0 cm³/mol. The zero-order valence-corrected chi connectivity index (χ0v) is 8.33. The van der Waals surface area contributed by atoms with Crippen molar-refractivity contribution < 1.29 is 4.59 Å². The van der Waals surface area contributed by atoms with Crippen LogP contribution in [0.5, 0.6) is 0 Å². The van der Waals surface area contributed by atoms with Crippen molar-refractivity contribution in [3.63, 3.8) is 0 Å². The second-order valence-corrected chi connectivity index (χ2v) is 4.25. The van der Waals surface area contributed by atoms with E-state index in [9.17, 15) is 0 Å². The Labute approximate surface area is 75.2 Å². The number of allylic oxidation sites excluding steroid dienone is 2. The van der Waals surface area contributed by atoms with Crippen molar-refractivity contribution in [2.24, 2.45) is 11.0 Å². The number of nitrogens with zero attached hydrogens (tertiary/aromatic N) is 2. The van der Waals surface area contributed by atoms with Crippen molar-refractivity contribution in [1.82, 2.24) is 0 Å². The van der Waals surface area contributed by atoms with Gasteiger partial charge in [-0.3, -0.25) is 0 Å². The van der Waals surface area contributed by atoms with Crippen LogP contribution in [0.4, 0.5) is 0 Å². The van der Waals surface area contributed by atoms with Crippen LogP contribution < -0.4 is 0 Å². The van der Waals surface area contributed by atoms with Gasteiger partial charge in [0.2, 0.25) is 0 Å². The molecule has 0 bridgehead atoms. The van der Waals surface area contributed by atoms with Crippen LogP contribution in [-0.4, -0.2) is 31.9 Å². The lowest BCUT2D eigenvalue weighted by Crippen LogP contribution is -2.28. The monoisotopic (exact) mass is 167 g/mol. The van der Waals surface area contributed by atoms with Crippen molar-refractivity contribution in [3.8, 4) is 0 Å². The van der Waals surface area contributed by atoms with Gasteiger partial charge in [0.15, 0.2) is 0 Å². The molecule has 1 unspecified atom stereocenters. The van der Waals surface area contributed by atoms with E-state index < -0.39 is 0 Å². The molecule has 0 heterocycles. The molecule has 12 heavy (non-hydrogen) atoms. The Morgan fingerprint density at radius 3 is 2.58 bits per heavy atom. The molecule has 0 aromatic carbocycles. The lowest BCUT2D eigenvalue weighted by atomic mass is 9.96. The zero-order chi connectivity index (χ0) is 9.03. The highest BCUT2D eigenvalue weighted by Crippen LogP contribution is 2.16. The molecule has 0 saturated heterocycles. The smallest absolute Gasteiger partial charge is 0.0923 e. The van der Waals surface area contributed by atoms with Crippen molar-refractivity contribution in [2.75, 3.05) is 21.1 Å². The topological polar surface area (TPSA) is 12.4 Å². The molecule has 0 aromatic rings. The number of hydrogen-bond donors (Lipinski definition) is 0. The summed E-state index contributed by atoms with van der Waals surface area (Å²) in [5.41, 5.74) is 0. The Morgan fingerprint density at radius 1 is 1.33 bits per heavy atom. The van der Waals surface area contributed by atoms with Gasteiger partial charge in [-0.25, -0.2) is 4.59 Å². The van der Waals surface area contributed by atoms with E-state index in [4.69, 9.17) is 0 Å². The maximum absolute atomic E-state index is 4.46. The molecule has 2 heteroatoms. The molecule has 1 aliphatic carbocycles. The van der Waals surface area contributed by atoms with E-state index in [0.29, 0.717) is 10.5 Å². The van der Waals surface area contributed by atoms with Gasteiger partial charge in [-0.15, -0.1) is 0 Å². The van der Waals surface area contributed by atoms with Crippen LogP contribution in [0.1, 0.15) is 19.3 Å². The van der Waals surface area contributed by atoms with Gasteiger partial charge in [-0.05, 0) is 19.3 Å². The third-order valence-electron chi connectivity index (χ3n) is 1.93. The fourth-order valence-corrected chi connectivity index (χ4v) is 1.25. The first-order valence-electron chi connectivity index (χ1n) is 4.60. The molecule has 0 amide bonds. The van der Waals surface area contributed by atoms with Gasteiger partial charge >= 0.3 is 0 Å². The van der Waals surface area contributed by atoms with E-state index in [2.05, 4.69) is 44.6 Å². The number of rotatable bonds is 2. The van der Waals surface area contributed by atoms with Crippen LogP contribution in [0, 0.1) is 5.92 Å². The Hall–Kier alpha value is -0.630. The predicted octanol–water partition coefficient (Wildman–Crippen LogP) is 2.03. The van der Waals surface area contributed by atoms with Crippen molar-refractivity contribution >= 4 is 6.21 Å². The summed E-state index contributed by atoms with van der Waals surface area (Å²) in [6.07, 6.45) is 10.3. The minimum Gasteiger partial charge on any atom is -0.205 e. The lowest BCUT2D eigenvalue weighted by molar-refractivity contribution is -0.876. The minimum atomic E-state index is 0.673. The van der Waals surface area contributed by atoms with Gasteiger partial charge < -0.3 is 0 Å². The molecule has 1 atom stereocenters. The van der Waals surface area contributed by atoms with E-state index in [-0.39, 0.29) is 0 Å². The van der Waals surface area contributed by atoms with Crippen LogP contribution in [0.2, 0.25) is 0 Å². The average molecular weight is 167 g/mol. The first-order valence-corrected chi connectivity index (χ1v) is 4.60. The molecule has 0 aromatic heterocycles. The summed E-state index contributed by atoms with van der Waals surface area (Å²) in [6.45, 7) is 0. The van der Waals surface area contributed by atoms with Gasteiger partial charge in [0.1, 0.15) is 0 Å². The molecule has 2 nitrogen and oxygen atoms in total. The second-order valence-electron chi connectivity index (χ2n) is 4.25. The van der Waals surface area contributed by atoms with Crippen molar-refractivity contribution in [2.45, 2.75) is 19.3 Å². The third kappa shape index (κ3) is 3.67. The summed E-state index contributed by atoms with van der Waals surface area (Å²) < 4.78 is 0.681. The van der Waals surface area contributed by atoms with Crippen LogP contribution in [-0.2, 0) is 0 Å². The van der Waals surface area contributed by atoms with Crippen LogP contribution in [0.25, 0.3) is 0 Å². The molecule has 0 aliphatic heterocycles. The molecule has 0 fully saturated rings. The fourth-order valence-electron chi connectivity index (χ4n) is 1.25. The quantitative estimate of drug-likeness (QED) is 0.258. The maximum Gasteiger partial charge on any atom is 0.0923 e. The van der Waals surface area contributed by atoms with E-state index in [1.54, 1.807) is 0 Å². The third-order valence-corrected chi connectivity index (χ3v) is 1.93. The summed E-state index contributed by atoms with van der Waals surface area (Å²) >= 11 is 0. The zero-order valence-electron chi connectivity index (χ0n) is 8.33. The highest BCUT2D eigenvalue weighted by molar-refractivity contribution is 5.60. The molecule has 0 N–H and O–H groups in total. The SMILES string of the molecule is C[N+](C)(C)N=CC1CC=CCC1. The molecule has 0 spiro atoms. The summed E-state index contributed by atoms with van der Waals surface area (Å²) in [5.74, 6) is 0.673. The molecule has 68 valence electrons. The van der Waals surface area contributed by atoms with E-state index >= 15 is 0 Å². The standard InChI is InChI=1S/C10H19N2/c1-12(2,3)11-9-10-7-5-4-6-8-10/h4-5,9-10H,6-8H2,1-3H3/q+1. The summed E-state index contributed by atoms with van der Waals surface area (Å²) in [4.78, 5) is 0. The summed E-state index contributed by atoms with van der Waals surface area (Å²) in [7, 11) is 6.24. The van der Waals surface area contributed by atoms with E-state index in [1.807, 2.05) is 0 Å². The molecule has 1 aliphatic rings. The first-order chi connectivity index (χ1) is 5.58. The molecule has 0 radical (unpaired) electrons. The fraction of sp³-hybridized carbons (Fsp3) is 0.700. The van der Waals surface area contributed by atoms with E-state index in [0.717, 1.165) is 0 Å². The van der Waals surface area contributed by atoms with Gasteiger partial charge in [0.05, 0.1) is 27.4 Å². The highest BCUT2D eigenvalue weighted by atomic mass is 15.6. The van der Waals surface area contributed by atoms with Crippen molar-refractivity contribution in [3.05, 3.63) is 12.2 Å². The number of quaternary nitrogens is 1. The first kappa shape index (κ1) is 9.46. The van der Waals surface area contributed by atoms with Gasteiger partial charge in [0, 0.05) is 5.92 Å². The maximum atomic E-state index is 4.46. The second kappa shape index (κ2) is 3.85. The van der Waals surface area contributed by atoms with Crippen molar-refractivity contribution in [1.29, 1.82) is 0 Å². The van der Waals surface area contributed by atoms with E-state index in [1.165, 1.54) is 19.3 Å². The largest absolute Gasteiger partial charge is 0.205 e. The molecular formula is C10H19N2+. The summed E-state index contributed by atoms with van der Waals surface area (Å²) in [5, 5.41) is 4.46. The Bertz CT molecular complexity index is 187. The Morgan fingerprint density at radius 2 is 2.08 bits per heavy atom. The average Bonchev–Trinajstić information content (AvgIpc) is 2.02. The number of hydrogen-bond acceptors (Lipinski definition) is 1. The summed E-state index contributed by atoms with van der Waals surface area (Å²) in [6, 6.07) is 0. The highest BCUT2D eigenvalue weighted by Gasteiger charge is 2.09. The van der Waals surface area contributed by atoms with Crippen LogP contribution in [0.15, 0.2) is 17.3 Å². The molecular weight excluding hydrogens is 148 g/mol. The van der Waals surface area contributed by atoms with Gasteiger partial charge in [0.25, 0.3) is 0 Å². The van der Waals surface area contributed by atoms with Gasteiger partial charge in [-0.1, -0.05) is 17.3 Å². The molecule has 0 saturated carbocycles. The lowest BCUT2D eigenvalue weighted by Gasteiger charge is -2.17. The normalized spacial score (nSPS) is 25.1. The Kier molecular flexibility index (Phi) is 3.04.